The molecule has 7 heteroatoms. The zero-order valence-electron chi connectivity index (χ0n) is 12.7. The normalized spacial score (nSPS) is 22.1. The Bertz CT molecular complexity index is 528. The maximum atomic E-state index is 12.5. The van der Waals surface area contributed by atoms with E-state index in [9.17, 15) is 14.7 Å². The number of carbonyl (C=O) groups is 2. The van der Waals surface area contributed by atoms with Gasteiger partial charge < -0.3 is 19.5 Å². The van der Waals surface area contributed by atoms with E-state index in [-0.39, 0.29) is 6.03 Å². The van der Waals surface area contributed by atoms with Crippen LogP contribution in [0.4, 0.5) is 4.79 Å². The second kappa shape index (κ2) is 6.15. The summed E-state index contributed by atoms with van der Waals surface area (Å²) in [6.07, 6.45) is 4.84. The van der Waals surface area contributed by atoms with Gasteiger partial charge in [0.15, 0.2) is 0 Å². The van der Waals surface area contributed by atoms with Gasteiger partial charge in [-0.25, -0.2) is 14.6 Å². The molecule has 2 rings (SSSR count). The number of rotatable bonds is 3. The highest BCUT2D eigenvalue weighted by molar-refractivity contribution is 5.82. The summed E-state index contributed by atoms with van der Waals surface area (Å²) in [4.78, 5) is 31.1. The van der Waals surface area contributed by atoms with Crippen LogP contribution < -0.4 is 0 Å². The van der Waals surface area contributed by atoms with E-state index >= 15 is 0 Å². The second-order valence-corrected chi connectivity index (χ2v) is 5.77. The minimum atomic E-state index is -0.930. The summed E-state index contributed by atoms with van der Waals surface area (Å²) in [6.45, 7) is 2.87. The second-order valence-electron chi connectivity index (χ2n) is 5.77. The Balaban J connectivity index is 2.06. The van der Waals surface area contributed by atoms with Gasteiger partial charge >= 0.3 is 12.0 Å². The molecule has 1 aromatic rings. The number of likely N-dealkylation sites (tertiary alicyclic amines) is 1. The van der Waals surface area contributed by atoms with Gasteiger partial charge in [0.05, 0.1) is 6.54 Å². The van der Waals surface area contributed by atoms with Crippen molar-refractivity contribution in [3.05, 3.63) is 18.2 Å². The number of piperidine rings is 1. The number of aryl methyl sites for hydroxylation is 1. The predicted octanol–water partition coefficient (Wildman–Crippen LogP) is 1.16. The van der Waals surface area contributed by atoms with Crippen LogP contribution in [0.3, 0.4) is 0 Å². The van der Waals surface area contributed by atoms with Crippen molar-refractivity contribution in [2.45, 2.75) is 32.4 Å². The molecule has 1 aromatic heterocycles. The van der Waals surface area contributed by atoms with Gasteiger partial charge in [0.25, 0.3) is 0 Å². The number of carboxylic acid groups (broad SMARTS) is 1. The lowest BCUT2D eigenvalue weighted by Crippen LogP contribution is -2.53. The summed E-state index contributed by atoms with van der Waals surface area (Å²) in [6, 6.07) is -0.984. The Hall–Kier alpha value is -2.05. The number of hydrogen-bond acceptors (Lipinski definition) is 3. The van der Waals surface area contributed by atoms with Gasteiger partial charge in [-0.1, -0.05) is 6.92 Å². The number of hydrogen-bond donors (Lipinski definition) is 1. The van der Waals surface area contributed by atoms with Crippen molar-refractivity contribution in [1.29, 1.82) is 0 Å². The Labute approximate surface area is 124 Å². The summed E-state index contributed by atoms with van der Waals surface area (Å²) in [7, 11) is 3.54. The smallest absolute Gasteiger partial charge is 0.326 e. The molecule has 2 unspecified atom stereocenters. The van der Waals surface area contributed by atoms with Gasteiger partial charge in [0.1, 0.15) is 11.9 Å². The molecule has 1 aliphatic heterocycles. The van der Waals surface area contributed by atoms with Gasteiger partial charge in [0.2, 0.25) is 0 Å². The molecule has 21 heavy (non-hydrogen) atoms. The number of nitrogens with zero attached hydrogens (tertiary/aromatic N) is 4. The van der Waals surface area contributed by atoms with Crippen molar-refractivity contribution < 1.29 is 14.7 Å². The molecule has 0 saturated carbocycles. The van der Waals surface area contributed by atoms with Gasteiger partial charge in [-0.2, -0.15) is 0 Å². The first-order valence-corrected chi connectivity index (χ1v) is 7.11. The molecule has 0 aliphatic carbocycles. The van der Waals surface area contributed by atoms with Gasteiger partial charge in [-0.3, -0.25) is 0 Å². The summed E-state index contributed by atoms with van der Waals surface area (Å²) in [5, 5.41) is 9.33. The lowest BCUT2D eigenvalue weighted by molar-refractivity contribution is -0.144. The fraction of sp³-hybridized carbons (Fsp3) is 0.643. The van der Waals surface area contributed by atoms with Crippen LogP contribution in [0.5, 0.6) is 0 Å². The van der Waals surface area contributed by atoms with Crippen LogP contribution in [-0.4, -0.2) is 56.1 Å². The standard InChI is InChI=1S/C14H22N4O3/c1-10-4-6-18(11(8-10)13(19)20)14(21)17(3)9-12-15-5-7-16(12)2/h5,7,10-11H,4,6,8-9H2,1-3H3,(H,19,20). The number of aromatic nitrogens is 2. The van der Waals surface area contributed by atoms with Crippen LogP contribution in [-0.2, 0) is 18.4 Å². The number of carboxylic acids is 1. The Morgan fingerprint density at radius 2 is 2.24 bits per heavy atom. The summed E-state index contributed by atoms with van der Waals surface area (Å²) in [5.41, 5.74) is 0. The van der Waals surface area contributed by atoms with Gasteiger partial charge in [-0.05, 0) is 18.8 Å². The Kier molecular flexibility index (Phi) is 4.50. The predicted molar refractivity (Wildman–Crippen MR) is 76.6 cm³/mol. The molecular weight excluding hydrogens is 272 g/mol. The SMILES string of the molecule is CC1CCN(C(=O)N(C)Cc2nccn2C)C(C(=O)O)C1. The molecule has 1 fully saturated rings. The molecule has 2 amide bonds. The van der Waals surface area contributed by atoms with Crippen molar-refractivity contribution in [2.24, 2.45) is 13.0 Å². The molecule has 0 aromatic carbocycles. The van der Waals surface area contributed by atoms with Crippen molar-refractivity contribution in [3.8, 4) is 0 Å². The molecule has 2 atom stereocenters. The van der Waals surface area contributed by atoms with Crippen LogP contribution >= 0.6 is 0 Å². The third kappa shape index (κ3) is 3.34. The summed E-state index contributed by atoms with van der Waals surface area (Å²) >= 11 is 0. The van der Waals surface area contributed by atoms with Gasteiger partial charge in [-0.15, -0.1) is 0 Å². The molecule has 2 heterocycles. The van der Waals surface area contributed by atoms with Crippen molar-refractivity contribution in [1.82, 2.24) is 19.4 Å². The average molecular weight is 294 g/mol. The summed E-state index contributed by atoms with van der Waals surface area (Å²) in [5.74, 6) is 0.165. The Morgan fingerprint density at radius 3 is 2.81 bits per heavy atom. The molecule has 1 N–H and O–H groups in total. The lowest BCUT2D eigenvalue weighted by Gasteiger charge is -2.38. The molecule has 116 valence electrons. The van der Waals surface area contributed by atoms with Crippen LogP contribution in [0.2, 0.25) is 0 Å². The maximum Gasteiger partial charge on any atom is 0.326 e. The highest BCUT2D eigenvalue weighted by atomic mass is 16.4. The van der Waals surface area contributed by atoms with E-state index in [1.165, 1.54) is 9.80 Å². The van der Waals surface area contributed by atoms with Crippen molar-refractivity contribution in [3.63, 3.8) is 0 Å². The third-order valence-corrected chi connectivity index (χ3v) is 4.02. The number of amides is 2. The van der Waals surface area contributed by atoms with E-state index in [4.69, 9.17) is 0 Å². The lowest BCUT2D eigenvalue weighted by atomic mass is 9.93. The highest BCUT2D eigenvalue weighted by Gasteiger charge is 2.36. The fourth-order valence-electron chi connectivity index (χ4n) is 2.65. The zero-order chi connectivity index (χ0) is 15.6. The van der Waals surface area contributed by atoms with Crippen LogP contribution in [0.1, 0.15) is 25.6 Å². The molecule has 0 radical (unpaired) electrons. The first kappa shape index (κ1) is 15.3. The highest BCUT2D eigenvalue weighted by Crippen LogP contribution is 2.24. The first-order chi connectivity index (χ1) is 9.90. The minimum Gasteiger partial charge on any atom is -0.480 e. The Morgan fingerprint density at radius 1 is 1.52 bits per heavy atom. The zero-order valence-corrected chi connectivity index (χ0v) is 12.7. The van der Waals surface area contributed by atoms with E-state index < -0.39 is 12.0 Å². The third-order valence-electron chi connectivity index (χ3n) is 4.02. The molecule has 7 nitrogen and oxygen atoms in total. The van der Waals surface area contributed by atoms with Crippen molar-refractivity contribution in [2.75, 3.05) is 13.6 Å². The molecule has 1 saturated heterocycles. The average Bonchev–Trinajstić information content (AvgIpc) is 2.83. The molecule has 1 aliphatic rings. The largest absolute Gasteiger partial charge is 0.480 e. The number of aliphatic carboxylic acids is 1. The summed E-state index contributed by atoms with van der Waals surface area (Å²) < 4.78 is 1.84. The van der Waals surface area contributed by atoms with Gasteiger partial charge in [0, 0.05) is 33.0 Å². The van der Waals surface area contributed by atoms with Crippen LogP contribution in [0, 0.1) is 5.92 Å². The van der Waals surface area contributed by atoms with Crippen LogP contribution in [0.15, 0.2) is 12.4 Å². The van der Waals surface area contributed by atoms with E-state index in [1.807, 2.05) is 24.7 Å². The quantitative estimate of drug-likeness (QED) is 0.907. The monoisotopic (exact) mass is 294 g/mol. The van der Waals surface area contributed by atoms with E-state index in [0.717, 1.165) is 12.2 Å². The number of imidazole rings is 1. The van der Waals surface area contributed by atoms with E-state index in [2.05, 4.69) is 4.98 Å². The van der Waals surface area contributed by atoms with E-state index in [0.29, 0.717) is 25.4 Å². The molecule has 0 bridgehead atoms. The number of urea groups is 1. The van der Waals surface area contributed by atoms with E-state index in [1.54, 1.807) is 13.2 Å². The molecule has 0 spiro atoms. The fourth-order valence-corrected chi connectivity index (χ4v) is 2.65. The van der Waals surface area contributed by atoms with Crippen LogP contribution in [0.25, 0.3) is 0 Å². The minimum absolute atomic E-state index is 0.252. The molecular formula is C14H22N4O3. The first-order valence-electron chi connectivity index (χ1n) is 7.11. The van der Waals surface area contributed by atoms with Crippen molar-refractivity contribution >= 4 is 12.0 Å². The number of carbonyl (C=O) groups excluding carboxylic acids is 1. The topological polar surface area (TPSA) is 78.7 Å². The maximum absolute atomic E-state index is 12.5.